The van der Waals surface area contributed by atoms with Crippen LogP contribution in [0, 0.1) is 30.9 Å². The Morgan fingerprint density at radius 3 is 1.51 bits per heavy atom. The number of hydrogen-bond donors (Lipinski definition) is 2. The van der Waals surface area contributed by atoms with Gasteiger partial charge in [0.1, 0.15) is 10.7 Å². The van der Waals surface area contributed by atoms with E-state index in [2.05, 4.69) is 48.0 Å². The van der Waals surface area contributed by atoms with Crippen molar-refractivity contribution in [2.45, 2.75) is 94.9 Å². The van der Waals surface area contributed by atoms with Crippen LogP contribution >= 0.6 is 34.0 Å². The second-order valence-corrected chi connectivity index (χ2v) is 11.4. The molecule has 35 heavy (non-hydrogen) atoms. The molecule has 0 saturated heterocycles. The quantitative estimate of drug-likeness (QED) is 0.249. The molecule has 0 aliphatic heterocycles. The van der Waals surface area contributed by atoms with E-state index in [4.69, 9.17) is 10.8 Å². The van der Waals surface area contributed by atoms with Gasteiger partial charge in [0, 0.05) is 18.4 Å². The summed E-state index contributed by atoms with van der Waals surface area (Å²) in [6.07, 6.45) is 0. The lowest BCUT2D eigenvalue weighted by Crippen LogP contribution is -1.94. The summed E-state index contributed by atoms with van der Waals surface area (Å²) in [5.74, 6) is 1.15. The van der Waals surface area contributed by atoms with Crippen molar-refractivity contribution in [2.75, 3.05) is 12.8 Å². The van der Waals surface area contributed by atoms with Crippen LogP contribution in [-0.4, -0.2) is 32.1 Å². The first-order chi connectivity index (χ1) is 15.3. The van der Waals surface area contributed by atoms with Crippen LogP contribution in [-0.2, 0) is 0 Å². The minimum Gasteiger partial charge on any atom is -0.400 e. The van der Waals surface area contributed by atoms with Gasteiger partial charge in [0.05, 0.1) is 31.3 Å². The van der Waals surface area contributed by atoms with Gasteiger partial charge in [0.25, 0.3) is 0 Å². The van der Waals surface area contributed by atoms with Crippen LogP contribution in [0.25, 0.3) is 0 Å². The second kappa shape index (κ2) is 18.3. The van der Waals surface area contributed by atoms with E-state index < -0.39 is 0 Å². The molecule has 0 fully saturated rings. The van der Waals surface area contributed by atoms with E-state index in [-0.39, 0.29) is 30.7 Å². The van der Waals surface area contributed by atoms with Crippen molar-refractivity contribution in [1.29, 1.82) is 0 Å². The molecule has 3 aromatic heterocycles. The molecule has 0 saturated carbocycles. The van der Waals surface area contributed by atoms with E-state index in [0.29, 0.717) is 17.5 Å². The summed E-state index contributed by atoms with van der Waals surface area (Å²) in [7, 11) is 1.00. The maximum absolute atomic E-state index is 10.5. The van der Waals surface area contributed by atoms with Gasteiger partial charge in [-0.25, -0.2) is 15.0 Å². The smallest absolute Gasteiger partial charge is 0.347 e. The number of hydrogen-bond acceptors (Lipinski definition) is 10. The largest absolute Gasteiger partial charge is 0.400 e. The molecule has 11 heteroatoms. The molecule has 202 valence electrons. The number of thiazole rings is 3. The molecule has 0 aliphatic rings. The number of aliphatic hydroxyl groups excluding tert-OH is 1. The van der Waals surface area contributed by atoms with E-state index in [1.54, 1.807) is 29.6 Å². The van der Waals surface area contributed by atoms with Crippen LogP contribution in [0.5, 0.6) is 0 Å². The fourth-order valence-electron chi connectivity index (χ4n) is 2.46. The Morgan fingerprint density at radius 1 is 0.829 bits per heavy atom. The molecule has 3 rings (SSSR count). The highest BCUT2D eigenvalue weighted by atomic mass is 32.1. The molecule has 0 aliphatic carbocycles. The van der Waals surface area contributed by atoms with Gasteiger partial charge < -0.3 is 10.8 Å². The number of aliphatic hydroxyl groups is 1. The summed E-state index contributed by atoms with van der Waals surface area (Å²) in [5.41, 5.74) is 8.56. The van der Waals surface area contributed by atoms with Crippen molar-refractivity contribution in [3.05, 3.63) is 47.6 Å². The number of nitrogen functional groups attached to an aromatic ring is 1. The van der Waals surface area contributed by atoms with Crippen LogP contribution in [0.2, 0.25) is 0 Å². The van der Waals surface area contributed by atoms with E-state index in [1.807, 2.05) is 27.7 Å². The second-order valence-electron chi connectivity index (χ2n) is 7.92. The first-order valence-electron chi connectivity index (χ1n) is 10.5. The van der Waals surface area contributed by atoms with Gasteiger partial charge >= 0.3 is 5.00 Å². The van der Waals surface area contributed by atoms with Crippen molar-refractivity contribution < 1.29 is 10.0 Å². The number of aromatic nitrogens is 3. The lowest BCUT2D eigenvalue weighted by atomic mass is 10.1. The van der Waals surface area contributed by atoms with Crippen LogP contribution in [0.1, 0.15) is 106 Å². The number of anilines is 1. The van der Waals surface area contributed by atoms with Crippen LogP contribution < -0.4 is 5.73 Å². The van der Waals surface area contributed by atoms with Gasteiger partial charge in [-0.2, -0.15) is 0 Å². The molecule has 0 spiro atoms. The maximum atomic E-state index is 10.5. The number of nitrogens with two attached hydrogens (primary N) is 1. The lowest BCUT2D eigenvalue weighted by Gasteiger charge is -1.98. The van der Waals surface area contributed by atoms with Crippen LogP contribution in [0.4, 0.5) is 10.0 Å². The standard InChI is InChI=1S/C7H10N2O2S.C7H12N2S.C7H11NS.CH4O.2CH4/c1-4(2)6-7(9(10)11)12-5(3)8-6;1-4(2)6-7(8)10-5(3)9-6;1-5(2)7-4-9-6(3)8-7;1-2;;/h4H,1-3H3;4H,8H2,1-3H3;4-5H,1-3H3;2H,1H3;2*1H4. The zero-order valence-corrected chi connectivity index (χ0v) is 23.6. The third-order valence-electron chi connectivity index (χ3n) is 4.02. The number of rotatable bonds is 4. The zero-order chi connectivity index (χ0) is 25.9. The summed E-state index contributed by atoms with van der Waals surface area (Å²) < 4.78 is 0. The van der Waals surface area contributed by atoms with Gasteiger partial charge in [-0.05, 0) is 43.9 Å². The highest BCUT2D eigenvalue weighted by molar-refractivity contribution is 7.15. The molecule has 0 bridgehead atoms. The SMILES string of the molecule is C.C.CO.Cc1nc(C(C)C)c(N)s1.Cc1nc(C(C)C)c([N+](=O)[O-])s1.Cc1nc(C(C)C)cs1. The molecular formula is C24H45N5O3S3. The topological polar surface area (TPSA) is 128 Å². The zero-order valence-electron chi connectivity index (χ0n) is 21.2. The number of nitro groups is 1. The first-order valence-corrected chi connectivity index (χ1v) is 13.1. The summed E-state index contributed by atoms with van der Waals surface area (Å²) in [6.45, 7) is 18.1. The van der Waals surface area contributed by atoms with Crippen LogP contribution in [0.15, 0.2) is 5.38 Å². The van der Waals surface area contributed by atoms with Gasteiger partial charge in [-0.15, -0.1) is 22.7 Å². The van der Waals surface area contributed by atoms with Gasteiger partial charge in [-0.3, -0.25) is 10.1 Å². The predicted molar refractivity (Wildman–Crippen MR) is 155 cm³/mol. The maximum Gasteiger partial charge on any atom is 0.347 e. The molecule has 3 N–H and O–H groups in total. The van der Waals surface area contributed by atoms with Crippen molar-refractivity contribution in [3.8, 4) is 0 Å². The molecular weight excluding hydrogens is 502 g/mol. The van der Waals surface area contributed by atoms with Crippen molar-refractivity contribution >= 4 is 44.0 Å². The van der Waals surface area contributed by atoms with Crippen molar-refractivity contribution in [1.82, 2.24) is 15.0 Å². The Hall–Kier alpha value is -1.95. The van der Waals surface area contributed by atoms with E-state index in [9.17, 15) is 10.1 Å². The predicted octanol–water partition coefficient (Wildman–Crippen LogP) is 8.10. The summed E-state index contributed by atoms with van der Waals surface area (Å²) >= 11 is 4.43. The Balaban J connectivity index is -0.000000415. The van der Waals surface area contributed by atoms with Gasteiger partial charge in [0.2, 0.25) is 0 Å². The fourth-order valence-corrected chi connectivity index (χ4v) is 4.96. The third-order valence-corrected chi connectivity index (χ3v) is 6.56. The lowest BCUT2D eigenvalue weighted by molar-refractivity contribution is -0.381. The average Bonchev–Trinajstić information content (AvgIpc) is 3.42. The summed E-state index contributed by atoms with van der Waals surface area (Å²) in [5, 5.41) is 23.7. The first kappa shape index (κ1) is 37.6. The van der Waals surface area contributed by atoms with Gasteiger partial charge in [0.15, 0.2) is 0 Å². The Kier molecular flexibility index (Phi) is 19.7. The average molecular weight is 548 g/mol. The molecule has 3 heterocycles. The minimum absolute atomic E-state index is 0. The molecule has 0 radical (unpaired) electrons. The highest BCUT2D eigenvalue weighted by Crippen LogP contribution is 2.31. The van der Waals surface area contributed by atoms with Crippen molar-refractivity contribution in [2.24, 2.45) is 0 Å². The Morgan fingerprint density at radius 2 is 1.29 bits per heavy atom. The van der Waals surface area contributed by atoms with E-state index >= 15 is 0 Å². The third kappa shape index (κ3) is 13.1. The number of aryl methyl sites for hydroxylation is 3. The minimum atomic E-state index is -0.361. The molecule has 8 nitrogen and oxygen atoms in total. The Bertz CT molecular complexity index is 979. The van der Waals surface area contributed by atoms with E-state index in [1.165, 1.54) is 10.7 Å². The molecule has 0 atom stereocenters. The fraction of sp³-hybridized carbons (Fsp3) is 0.625. The molecule has 0 amide bonds. The van der Waals surface area contributed by atoms with Crippen molar-refractivity contribution in [3.63, 3.8) is 0 Å². The Labute approximate surface area is 223 Å². The monoisotopic (exact) mass is 547 g/mol. The normalized spacial score (nSPS) is 9.66. The van der Waals surface area contributed by atoms with E-state index in [0.717, 1.165) is 39.2 Å². The molecule has 0 unspecified atom stereocenters. The summed E-state index contributed by atoms with van der Waals surface area (Å²) in [4.78, 5) is 22.9. The highest BCUT2D eigenvalue weighted by Gasteiger charge is 2.21. The number of nitrogens with zero attached hydrogens (tertiary/aromatic N) is 4. The summed E-state index contributed by atoms with van der Waals surface area (Å²) in [6, 6.07) is 0. The molecule has 3 aromatic rings. The van der Waals surface area contributed by atoms with Gasteiger partial charge in [-0.1, -0.05) is 56.4 Å². The van der Waals surface area contributed by atoms with Crippen LogP contribution in [0.3, 0.4) is 0 Å². The molecule has 0 aromatic carbocycles.